The van der Waals surface area contributed by atoms with Gasteiger partial charge in [0.05, 0.1) is 19.0 Å². The van der Waals surface area contributed by atoms with Gasteiger partial charge < -0.3 is 9.47 Å². The Balaban J connectivity index is 2.49. The van der Waals surface area contributed by atoms with Crippen LogP contribution in [0.1, 0.15) is 28.4 Å². The Morgan fingerprint density at radius 3 is 2.40 bits per heavy atom. The van der Waals surface area contributed by atoms with Gasteiger partial charge in [-0.1, -0.05) is 47.1 Å². The number of halogens is 1. The topological polar surface area (TPSA) is 18.5 Å². The molecule has 2 aromatic rings. The van der Waals surface area contributed by atoms with E-state index in [1.54, 1.807) is 14.2 Å². The van der Waals surface area contributed by atoms with Crippen molar-refractivity contribution in [3.05, 3.63) is 59.2 Å². The van der Waals surface area contributed by atoms with Crippen LogP contribution in [-0.2, 0) is 6.42 Å². The second-order valence-corrected chi connectivity index (χ2v) is 5.44. The highest BCUT2D eigenvalue weighted by molar-refractivity contribution is 9.09. The highest BCUT2D eigenvalue weighted by Crippen LogP contribution is 2.39. The number of alkyl halides is 1. The van der Waals surface area contributed by atoms with Crippen molar-refractivity contribution in [1.82, 2.24) is 0 Å². The van der Waals surface area contributed by atoms with Gasteiger partial charge in [-0.2, -0.15) is 0 Å². The summed E-state index contributed by atoms with van der Waals surface area (Å²) >= 11 is 3.81. The van der Waals surface area contributed by atoms with E-state index in [2.05, 4.69) is 47.1 Å². The van der Waals surface area contributed by atoms with Gasteiger partial charge in [0, 0.05) is 5.56 Å². The molecule has 2 aromatic carbocycles. The number of hydrogen-bond donors (Lipinski definition) is 0. The third-order valence-corrected chi connectivity index (χ3v) is 4.41. The standard InChI is InChI=1S/C17H19BrO2/c1-4-12-7-5-6-8-14(12)17(18)15-11-13(19-2)9-10-16(15)20-3/h5-11,17H,4H2,1-3H3. The van der Waals surface area contributed by atoms with Crippen LogP contribution in [0, 0.1) is 0 Å². The summed E-state index contributed by atoms with van der Waals surface area (Å²) in [5.74, 6) is 1.69. The van der Waals surface area contributed by atoms with E-state index < -0.39 is 0 Å². The molecular weight excluding hydrogens is 316 g/mol. The maximum absolute atomic E-state index is 5.48. The predicted octanol–water partition coefficient (Wildman–Crippen LogP) is 4.75. The van der Waals surface area contributed by atoms with Gasteiger partial charge in [-0.05, 0) is 35.7 Å². The number of hydrogen-bond acceptors (Lipinski definition) is 2. The quantitative estimate of drug-likeness (QED) is 0.734. The number of aryl methyl sites for hydroxylation is 1. The van der Waals surface area contributed by atoms with Crippen molar-refractivity contribution in [1.29, 1.82) is 0 Å². The molecule has 0 radical (unpaired) electrons. The highest BCUT2D eigenvalue weighted by Gasteiger charge is 2.18. The molecule has 0 N–H and O–H groups in total. The molecule has 0 amide bonds. The molecule has 2 rings (SSSR count). The van der Waals surface area contributed by atoms with Crippen LogP contribution in [0.25, 0.3) is 0 Å². The Hall–Kier alpha value is -1.48. The molecule has 20 heavy (non-hydrogen) atoms. The van der Waals surface area contributed by atoms with Crippen LogP contribution in [0.5, 0.6) is 11.5 Å². The molecule has 0 aliphatic carbocycles. The lowest BCUT2D eigenvalue weighted by Gasteiger charge is -2.18. The summed E-state index contributed by atoms with van der Waals surface area (Å²) in [5.41, 5.74) is 3.67. The van der Waals surface area contributed by atoms with Crippen LogP contribution < -0.4 is 9.47 Å². The molecule has 0 bridgehead atoms. The van der Waals surface area contributed by atoms with Crippen molar-refractivity contribution in [2.45, 2.75) is 18.2 Å². The number of methoxy groups -OCH3 is 2. The average molecular weight is 335 g/mol. The maximum atomic E-state index is 5.48. The van der Waals surface area contributed by atoms with Crippen molar-refractivity contribution >= 4 is 15.9 Å². The largest absolute Gasteiger partial charge is 0.497 e. The molecule has 106 valence electrons. The van der Waals surface area contributed by atoms with Crippen LogP contribution in [-0.4, -0.2) is 14.2 Å². The second-order valence-electron chi connectivity index (χ2n) is 4.52. The fraction of sp³-hybridized carbons (Fsp3) is 0.294. The SMILES string of the molecule is CCc1ccccc1C(Br)c1cc(OC)ccc1OC. The van der Waals surface area contributed by atoms with Gasteiger partial charge in [0.15, 0.2) is 0 Å². The fourth-order valence-corrected chi connectivity index (χ4v) is 3.11. The molecule has 0 fully saturated rings. The zero-order valence-electron chi connectivity index (χ0n) is 12.0. The summed E-state index contributed by atoms with van der Waals surface area (Å²) in [4.78, 5) is 0.0868. The van der Waals surface area contributed by atoms with E-state index in [1.807, 2.05) is 18.2 Å². The van der Waals surface area contributed by atoms with E-state index in [4.69, 9.17) is 9.47 Å². The molecule has 0 aliphatic heterocycles. The molecule has 3 heteroatoms. The third kappa shape index (κ3) is 2.98. The zero-order valence-corrected chi connectivity index (χ0v) is 13.6. The summed E-state index contributed by atoms with van der Waals surface area (Å²) in [6.07, 6.45) is 1.00. The molecular formula is C17H19BrO2. The fourth-order valence-electron chi connectivity index (χ4n) is 2.31. The Labute approximate surface area is 128 Å². The first-order chi connectivity index (χ1) is 9.71. The minimum atomic E-state index is 0.0868. The summed E-state index contributed by atoms with van der Waals surface area (Å²) in [6, 6.07) is 14.3. The first-order valence-electron chi connectivity index (χ1n) is 6.65. The van der Waals surface area contributed by atoms with Gasteiger partial charge in [0.25, 0.3) is 0 Å². The lowest BCUT2D eigenvalue weighted by atomic mass is 9.97. The summed E-state index contributed by atoms with van der Waals surface area (Å²) in [7, 11) is 3.37. The van der Waals surface area contributed by atoms with Crippen molar-refractivity contribution in [2.75, 3.05) is 14.2 Å². The van der Waals surface area contributed by atoms with E-state index in [1.165, 1.54) is 11.1 Å². The minimum absolute atomic E-state index is 0.0868. The van der Waals surface area contributed by atoms with Crippen molar-refractivity contribution in [2.24, 2.45) is 0 Å². The summed E-state index contributed by atoms with van der Waals surface area (Å²) in [6.45, 7) is 2.17. The molecule has 0 aromatic heterocycles. The van der Waals surface area contributed by atoms with Crippen LogP contribution in [0.15, 0.2) is 42.5 Å². The van der Waals surface area contributed by atoms with Crippen LogP contribution in [0.3, 0.4) is 0 Å². The second kappa shape index (κ2) is 6.80. The van der Waals surface area contributed by atoms with Crippen molar-refractivity contribution in [3.63, 3.8) is 0 Å². The van der Waals surface area contributed by atoms with Crippen LogP contribution in [0.4, 0.5) is 0 Å². The normalized spacial score (nSPS) is 12.0. The number of benzene rings is 2. The smallest absolute Gasteiger partial charge is 0.123 e. The Morgan fingerprint density at radius 1 is 1.00 bits per heavy atom. The monoisotopic (exact) mass is 334 g/mol. The third-order valence-electron chi connectivity index (χ3n) is 3.42. The maximum Gasteiger partial charge on any atom is 0.123 e. The van der Waals surface area contributed by atoms with Crippen LogP contribution >= 0.6 is 15.9 Å². The average Bonchev–Trinajstić information content (AvgIpc) is 2.53. The molecule has 1 atom stereocenters. The Bertz CT molecular complexity index is 581. The van der Waals surface area contributed by atoms with E-state index in [9.17, 15) is 0 Å². The molecule has 0 heterocycles. The Morgan fingerprint density at radius 2 is 1.75 bits per heavy atom. The van der Waals surface area contributed by atoms with Crippen molar-refractivity contribution < 1.29 is 9.47 Å². The summed E-state index contributed by atoms with van der Waals surface area (Å²) in [5, 5.41) is 0. The lowest BCUT2D eigenvalue weighted by Crippen LogP contribution is -2.01. The summed E-state index contributed by atoms with van der Waals surface area (Å²) < 4.78 is 10.8. The van der Waals surface area contributed by atoms with E-state index >= 15 is 0 Å². The number of ether oxygens (including phenoxy) is 2. The lowest BCUT2D eigenvalue weighted by molar-refractivity contribution is 0.399. The molecule has 2 nitrogen and oxygen atoms in total. The van der Waals surface area contributed by atoms with Gasteiger partial charge in [-0.25, -0.2) is 0 Å². The van der Waals surface area contributed by atoms with Gasteiger partial charge in [-0.3, -0.25) is 0 Å². The predicted molar refractivity (Wildman–Crippen MR) is 86.1 cm³/mol. The van der Waals surface area contributed by atoms with E-state index in [0.717, 1.165) is 23.5 Å². The van der Waals surface area contributed by atoms with Gasteiger partial charge in [0.1, 0.15) is 11.5 Å². The van der Waals surface area contributed by atoms with Gasteiger partial charge >= 0.3 is 0 Å². The van der Waals surface area contributed by atoms with E-state index in [0.29, 0.717) is 0 Å². The van der Waals surface area contributed by atoms with Gasteiger partial charge in [0.2, 0.25) is 0 Å². The molecule has 0 aliphatic rings. The molecule has 1 unspecified atom stereocenters. The first-order valence-corrected chi connectivity index (χ1v) is 7.56. The molecule has 0 spiro atoms. The van der Waals surface area contributed by atoms with E-state index in [-0.39, 0.29) is 4.83 Å². The first kappa shape index (κ1) is 14.9. The number of rotatable bonds is 5. The van der Waals surface area contributed by atoms with Crippen LogP contribution in [0.2, 0.25) is 0 Å². The molecule has 0 saturated carbocycles. The highest BCUT2D eigenvalue weighted by atomic mass is 79.9. The molecule has 0 saturated heterocycles. The minimum Gasteiger partial charge on any atom is -0.497 e. The van der Waals surface area contributed by atoms with Crippen molar-refractivity contribution in [3.8, 4) is 11.5 Å². The Kier molecular flexibility index (Phi) is 5.07. The van der Waals surface area contributed by atoms with Gasteiger partial charge in [-0.15, -0.1) is 0 Å². The zero-order chi connectivity index (χ0) is 14.5.